The average Bonchev–Trinajstić information content (AvgIpc) is 2.71. The van der Waals surface area contributed by atoms with Crippen LogP contribution in [0.4, 0.5) is 5.69 Å². The summed E-state index contributed by atoms with van der Waals surface area (Å²) < 4.78 is 15.5. The van der Waals surface area contributed by atoms with Crippen LogP contribution in [0.5, 0.6) is 11.5 Å². The van der Waals surface area contributed by atoms with Crippen LogP contribution in [-0.4, -0.2) is 37.1 Å². The van der Waals surface area contributed by atoms with Gasteiger partial charge < -0.3 is 19.5 Å². The predicted molar refractivity (Wildman–Crippen MR) is 104 cm³/mol. The number of carbonyl (C=O) groups excluding carboxylic acids is 2. The van der Waals surface area contributed by atoms with Gasteiger partial charge in [-0.3, -0.25) is 14.9 Å². The van der Waals surface area contributed by atoms with E-state index in [1.165, 1.54) is 46.3 Å². The van der Waals surface area contributed by atoms with Crippen molar-refractivity contribution >= 4 is 17.6 Å². The molecule has 0 aromatic heterocycles. The summed E-state index contributed by atoms with van der Waals surface area (Å²) in [6.45, 7) is 3.17. The Morgan fingerprint density at radius 2 is 1.79 bits per heavy atom. The number of nitro benzene ring substituents is 1. The summed E-state index contributed by atoms with van der Waals surface area (Å²) in [7, 11) is 3.05. The molecule has 1 atom stereocenters. The van der Waals surface area contributed by atoms with Gasteiger partial charge in [0, 0.05) is 18.2 Å². The molecule has 2 aromatic carbocycles. The Balaban J connectivity index is 1.96. The number of amides is 1. The lowest BCUT2D eigenvalue weighted by molar-refractivity contribution is -0.385. The van der Waals surface area contributed by atoms with E-state index < -0.39 is 22.9 Å². The van der Waals surface area contributed by atoms with Crippen LogP contribution in [0.1, 0.15) is 28.4 Å². The van der Waals surface area contributed by atoms with E-state index in [1.807, 2.05) is 0 Å². The molecule has 0 heterocycles. The number of carbonyl (C=O) groups is 2. The van der Waals surface area contributed by atoms with Crippen molar-refractivity contribution in [1.82, 2.24) is 5.32 Å². The molecule has 0 fully saturated rings. The molecule has 2 rings (SSSR count). The number of benzene rings is 2. The van der Waals surface area contributed by atoms with E-state index in [4.69, 9.17) is 14.2 Å². The quantitative estimate of drug-likeness (QED) is 0.410. The van der Waals surface area contributed by atoms with Gasteiger partial charge in [0.1, 0.15) is 0 Å². The topological polar surface area (TPSA) is 117 Å². The number of nitro groups is 1. The van der Waals surface area contributed by atoms with Gasteiger partial charge in [-0.2, -0.15) is 0 Å². The summed E-state index contributed by atoms with van der Waals surface area (Å²) in [5.41, 5.74) is 1.14. The zero-order valence-corrected chi connectivity index (χ0v) is 16.6. The third-order valence-corrected chi connectivity index (χ3v) is 4.20. The van der Waals surface area contributed by atoms with Crippen molar-refractivity contribution in [2.45, 2.75) is 26.5 Å². The smallest absolute Gasteiger partial charge is 0.338 e. The van der Waals surface area contributed by atoms with Crippen LogP contribution in [-0.2, 0) is 16.1 Å². The second-order valence-corrected chi connectivity index (χ2v) is 6.21. The van der Waals surface area contributed by atoms with Gasteiger partial charge >= 0.3 is 5.97 Å². The number of ether oxygens (including phenoxy) is 3. The lowest BCUT2D eigenvalue weighted by Gasteiger charge is -2.14. The summed E-state index contributed by atoms with van der Waals surface area (Å²) in [5.74, 6) is -0.112. The molecule has 9 heteroatoms. The van der Waals surface area contributed by atoms with Gasteiger partial charge in [0.25, 0.3) is 11.6 Å². The van der Waals surface area contributed by atoms with Gasteiger partial charge in [0.2, 0.25) is 0 Å². The second-order valence-electron chi connectivity index (χ2n) is 6.21. The van der Waals surface area contributed by atoms with E-state index in [0.717, 1.165) is 5.56 Å². The fourth-order valence-electron chi connectivity index (χ4n) is 2.59. The molecule has 1 N–H and O–H groups in total. The number of aryl methyl sites for hydroxylation is 1. The minimum Gasteiger partial charge on any atom is -0.493 e. The molecule has 0 radical (unpaired) electrons. The standard InChI is InChI=1S/C20H22N2O7/c1-12-9-15(6-7-16(12)22(25)26)20(24)29-13(2)19(23)21-11-14-5-8-17(27-3)18(10-14)28-4/h5-10,13H,11H2,1-4H3,(H,21,23). The summed E-state index contributed by atoms with van der Waals surface area (Å²) in [4.78, 5) is 34.8. The number of hydrogen-bond donors (Lipinski definition) is 1. The molecule has 0 saturated heterocycles. The van der Waals surface area contributed by atoms with Crippen molar-refractivity contribution in [2.24, 2.45) is 0 Å². The summed E-state index contributed by atoms with van der Waals surface area (Å²) >= 11 is 0. The molecular weight excluding hydrogens is 380 g/mol. The van der Waals surface area contributed by atoms with Gasteiger partial charge in [0.05, 0.1) is 24.7 Å². The van der Waals surface area contributed by atoms with Gasteiger partial charge in [-0.1, -0.05) is 6.07 Å². The Hall–Kier alpha value is -3.62. The van der Waals surface area contributed by atoms with Gasteiger partial charge in [-0.05, 0) is 43.7 Å². The van der Waals surface area contributed by atoms with Gasteiger partial charge in [-0.15, -0.1) is 0 Å². The first-order valence-corrected chi connectivity index (χ1v) is 8.71. The maximum atomic E-state index is 12.2. The molecule has 154 valence electrons. The lowest BCUT2D eigenvalue weighted by Crippen LogP contribution is -2.35. The largest absolute Gasteiger partial charge is 0.493 e. The van der Waals surface area contributed by atoms with E-state index in [-0.39, 0.29) is 17.8 Å². The summed E-state index contributed by atoms with van der Waals surface area (Å²) in [6.07, 6.45) is -1.04. The third kappa shape index (κ3) is 5.44. The number of nitrogens with one attached hydrogen (secondary N) is 1. The number of methoxy groups -OCH3 is 2. The Bertz CT molecular complexity index is 927. The SMILES string of the molecule is COc1ccc(CNC(=O)C(C)OC(=O)c2ccc([N+](=O)[O-])c(C)c2)cc1OC. The van der Waals surface area contributed by atoms with E-state index in [0.29, 0.717) is 17.1 Å². The lowest BCUT2D eigenvalue weighted by atomic mass is 10.1. The molecule has 1 unspecified atom stereocenters. The fourth-order valence-corrected chi connectivity index (χ4v) is 2.59. The fraction of sp³-hybridized carbons (Fsp3) is 0.300. The Kier molecular flexibility index (Phi) is 7.13. The van der Waals surface area contributed by atoms with Crippen LogP contribution in [0.2, 0.25) is 0 Å². The van der Waals surface area contributed by atoms with Gasteiger partial charge in [-0.25, -0.2) is 4.79 Å². The van der Waals surface area contributed by atoms with E-state index in [1.54, 1.807) is 18.2 Å². The highest BCUT2D eigenvalue weighted by molar-refractivity contribution is 5.92. The van der Waals surface area contributed by atoms with Crippen molar-refractivity contribution in [2.75, 3.05) is 14.2 Å². The molecule has 2 aromatic rings. The molecule has 0 bridgehead atoms. The van der Waals surface area contributed by atoms with Crippen LogP contribution >= 0.6 is 0 Å². The van der Waals surface area contributed by atoms with Crippen molar-refractivity contribution in [3.8, 4) is 11.5 Å². The zero-order chi connectivity index (χ0) is 21.6. The first kappa shape index (κ1) is 21.7. The molecule has 0 aliphatic heterocycles. The summed E-state index contributed by atoms with van der Waals surface area (Å²) in [5, 5.41) is 13.5. The third-order valence-electron chi connectivity index (χ3n) is 4.20. The monoisotopic (exact) mass is 402 g/mol. The van der Waals surface area contributed by atoms with Gasteiger partial charge in [0.15, 0.2) is 17.6 Å². The summed E-state index contributed by atoms with van der Waals surface area (Å²) in [6, 6.07) is 9.11. The molecule has 0 spiro atoms. The molecule has 9 nitrogen and oxygen atoms in total. The molecule has 0 aliphatic rings. The first-order valence-electron chi connectivity index (χ1n) is 8.71. The van der Waals surface area contributed by atoms with Crippen molar-refractivity contribution in [1.29, 1.82) is 0 Å². The van der Waals surface area contributed by atoms with Crippen LogP contribution < -0.4 is 14.8 Å². The number of esters is 1. The van der Waals surface area contributed by atoms with Crippen molar-refractivity contribution < 1.29 is 28.7 Å². The Labute approximate surface area is 167 Å². The van der Waals surface area contributed by atoms with Crippen LogP contribution in [0, 0.1) is 17.0 Å². The Morgan fingerprint density at radius 3 is 2.38 bits per heavy atom. The maximum Gasteiger partial charge on any atom is 0.338 e. The van der Waals surface area contributed by atoms with E-state index >= 15 is 0 Å². The highest BCUT2D eigenvalue weighted by atomic mass is 16.6. The Morgan fingerprint density at radius 1 is 1.10 bits per heavy atom. The highest BCUT2D eigenvalue weighted by Crippen LogP contribution is 2.27. The van der Waals surface area contributed by atoms with Crippen molar-refractivity contribution in [3.63, 3.8) is 0 Å². The van der Waals surface area contributed by atoms with Crippen LogP contribution in [0.3, 0.4) is 0 Å². The number of rotatable bonds is 8. The molecule has 29 heavy (non-hydrogen) atoms. The molecule has 0 aliphatic carbocycles. The number of hydrogen-bond acceptors (Lipinski definition) is 7. The predicted octanol–water partition coefficient (Wildman–Crippen LogP) is 2.78. The minimum atomic E-state index is -1.04. The minimum absolute atomic E-state index is 0.0951. The normalized spacial score (nSPS) is 11.3. The van der Waals surface area contributed by atoms with Crippen molar-refractivity contribution in [3.05, 3.63) is 63.2 Å². The average molecular weight is 402 g/mol. The molecule has 0 saturated carbocycles. The van der Waals surface area contributed by atoms with Crippen LogP contribution in [0.25, 0.3) is 0 Å². The van der Waals surface area contributed by atoms with E-state index in [9.17, 15) is 19.7 Å². The highest BCUT2D eigenvalue weighted by Gasteiger charge is 2.20. The van der Waals surface area contributed by atoms with Crippen LogP contribution in [0.15, 0.2) is 36.4 Å². The molecular formula is C20H22N2O7. The second kappa shape index (κ2) is 9.54. The zero-order valence-electron chi connectivity index (χ0n) is 16.6. The first-order chi connectivity index (χ1) is 13.8. The van der Waals surface area contributed by atoms with E-state index in [2.05, 4.69) is 5.32 Å². The maximum absolute atomic E-state index is 12.2. The molecule has 1 amide bonds. The number of nitrogens with zero attached hydrogens (tertiary/aromatic N) is 1.